The van der Waals surface area contributed by atoms with Crippen LogP contribution in [0.2, 0.25) is 0 Å². The summed E-state index contributed by atoms with van der Waals surface area (Å²) >= 11 is 3.40. The van der Waals surface area contributed by atoms with Crippen LogP contribution in [0, 0.1) is 5.82 Å². The lowest BCUT2D eigenvalue weighted by Gasteiger charge is -2.06. The lowest BCUT2D eigenvalue weighted by Crippen LogP contribution is -2.23. The molecule has 0 atom stereocenters. The molecule has 1 aromatic carbocycles. The van der Waals surface area contributed by atoms with Crippen molar-refractivity contribution < 1.29 is 9.18 Å². The lowest BCUT2D eigenvalue weighted by molar-refractivity contribution is 0.0946. The van der Waals surface area contributed by atoms with Gasteiger partial charge in [0.05, 0.1) is 6.20 Å². The maximum absolute atomic E-state index is 12.7. The van der Waals surface area contributed by atoms with Crippen LogP contribution in [0.4, 0.5) is 4.39 Å². The molecule has 3 nitrogen and oxygen atoms in total. The molecular formula is C13H10BrFN2O. The van der Waals surface area contributed by atoms with Crippen LogP contribution in [0.1, 0.15) is 16.1 Å². The van der Waals surface area contributed by atoms with Crippen LogP contribution < -0.4 is 5.32 Å². The van der Waals surface area contributed by atoms with Crippen LogP contribution in [0.25, 0.3) is 0 Å². The Morgan fingerprint density at radius 3 is 2.72 bits per heavy atom. The molecule has 5 heteroatoms. The first kappa shape index (κ1) is 12.7. The molecule has 0 spiro atoms. The van der Waals surface area contributed by atoms with E-state index in [1.54, 1.807) is 0 Å². The smallest absolute Gasteiger partial charge is 0.270 e. The van der Waals surface area contributed by atoms with E-state index in [-0.39, 0.29) is 11.6 Å². The van der Waals surface area contributed by atoms with Crippen molar-refractivity contribution in [3.05, 3.63) is 64.1 Å². The van der Waals surface area contributed by atoms with E-state index in [4.69, 9.17) is 0 Å². The number of aromatic nitrogens is 1. The fraction of sp³-hybridized carbons (Fsp3) is 0.0769. The van der Waals surface area contributed by atoms with Gasteiger partial charge < -0.3 is 5.32 Å². The van der Waals surface area contributed by atoms with Gasteiger partial charge in [0.25, 0.3) is 5.91 Å². The van der Waals surface area contributed by atoms with E-state index in [1.165, 1.54) is 12.1 Å². The number of pyridine rings is 1. The minimum atomic E-state index is -0.461. The first-order valence-corrected chi connectivity index (χ1v) is 6.09. The molecule has 0 bridgehead atoms. The molecule has 1 N–H and O–H groups in total. The molecule has 1 heterocycles. The minimum absolute atomic E-state index is 0.198. The fourth-order valence-electron chi connectivity index (χ4n) is 1.42. The van der Waals surface area contributed by atoms with E-state index in [9.17, 15) is 9.18 Å². The van der Waals surface area contributed by atoms with Crippen molar-refractivity contribution in [2.45, 2.75) is 6.54 Å². The topological polar surface area (TPSA) is 42.0 Å². The number of nitrogens with zero attached hydrogens (tertiary/aromatic N) is 1. The van der Waals surface area contributed by atoms with Crippen LogP contribution in [0.5, 0.6) is 0 Å². The average molecular weight is 309 g/mol. The maximum Gasteiger partial charge on any atom is 0.270 e. The summed E-state index contributed by atoms with van der Waals surface area (Å²) in [5, 5.41) is 2.72. The van der Waals surface area contributed by atoms with Gasteiger partial charge in [-0.15, -0.1) is 0 Å². The van der Waals surface area contributed by atoms with Crippen LogP contribution in [-0.4, -0.2) is 10.9 Å². The molecule has 0 saturated carbocycles. The Morgan fingerprint density at radius 2 is 2.06 bits per heavy atom. The third-order valence-corrected chi connectivity index (χ3v) is 3.13. The van der Waals surface area contributed by atoms with E-state index < -0.39 is 5.82 Å². The van der Waals surface area contributed by atoms with Gasteiger partial charge in [0.1, 0.15) is 11.5 Å². The number of rotatable bonds is 3. The minimum Gasteiger partial charge on any atom is -0.347 e. The second-order valence-corrected chi connectivity index (χ2v) is 4.49. The molecule has 18 heavy (non-hydrogen) atoms. The summed E-state index contributed by atoms with van der Waals surface area (Å²) in [6.45, 7) is 0.388. The number of carbonyl (C=O) groups excluding carboxylic acids is 1. The Hall–Kier alpha value is -1.75. The summed E-state index contributed by atoms with van der Waals surface area (Å²) in [6.07, 6.45) is 1.02. The zero-order valence-electron chi connectivity index (χ0n) is 9.36. The van der Waals surface area contributed by atoms with Crippen LogP contribution in [0.3, 0.4) is 0 Å². The summed E-state index contributed by atoms with van der Waals surface area (Å²) in [4.78, 5) is 15.4. The second-order valence-electron chi connectivity index (χ2n) is 3.64. The van der Waals surface area contributed by atoms with Crippen molar-refractivity contribution in [2.75, 3.05) is 0 Å². The SMILES string of the molecule is O=C(NCc1ccccc1Br)c1ccc(F)cn1. The van der Waals surface area contributed by atoms with Crippen molar-refractivity contribution in [1.82, 2.24) is 10.3 Å². The molecule has 1 aromatic heterocycles. The highest BCUT2D eigenvalue weighted by Gasteiger charge is 2.07. The molecule has 2 rings (SSSR count). The van der Waals surface area contributed by atoms with Crippen molar-refractivity contribution in [1.29, 1.82) is 0 Å². The average Bonchev–Trinajstić information content (AvgIpc) is 2.38. The first-order valence-electron chi connectivity index (χ1n) is 5.30. The van der Waals surface area contributed by atoms with Gasteiger partial charge in [-0.25, -0.2) is 9.37 Å². The molecule has 0 unspecified atom stereocenters. The molecule has 0 aliphatic carbocycles. The van der Waals surface area contributed by atoms with Gasteiger partial charge in [0.2, 0.25) is 0 Å². The predicted octanol–water partition coefficient (Wildman–Crippen LogP) is 2.91. The molecule has 2 aromatic rings. The predicted molar refractivity (Wildman–Crippen MR) is 69.5 cm³/mol. The molecule has 0 saturated heterocycles. The van der Waals surface area contributed by atoms with E-state index >= 15 is 0 Å². The van der Waals surface area contributed by atoms with Crippen molar-refractivity contribution in [3.63, 3.8) is 0 Å². The Labute approximate surface area is 112 Å². The van der Waals surface area contributed by atoms with Crippen LogP contribution in [0.15, 0.2) is 47.1 Å². The summed E-state index contributed by atoms with van der Waals surface area (Å²) in [5.41, 5.74) is 1.16. The Morgan fingerprint density at radius 1 is 1.28 bits per heavy atom. The molecule has 0 fully saturated rings. The number of amides is 1. The number of benzene rings is 1. The van der Waals surface area contributed by atoms with Gasteiger partial charge in [-0.1, -0.05) is 34.1 Å². The maximum atomic E-state index is 12.7. The number of hydrogen-bond donors (Lipinski definition) is 1. The summed E-state index contributed by atoms with van der Waals surface area (Å²) in [5.74, 6) is -0.789. The standard InChI is InChI=1S/C13H10BrFN2O/c14-11-4-2-1-3-9(11)7-17-13(18)12-6-5-10(15)8-16-12/h1-6,8H,7H2,(H,17,18). The highest BCUT2D eigenvalue weighted by molar-refractivity contribution is 9.10. The molecule has 0 aliphatic heterocycles. The molecular weight excluding hydrogens is 299 g/mol. The van der Waals surface area contributed by atoms with Gasteiger partial charge >= 0.3 is 0 Å². The summed E-state index contributed by atoms with van der Waals surface area (Å²) in [6, 6.07) is 10.2. The Bertz CT molecular complexity index is 557. The molecule has 0 aliphatic rings. The van der Waals surface area contributed by atoms with Crippen molar-refractivity contribution in [3.8, 4) is 0 Å². The van der Waals surface area contributed by atoms with Gasteiger partial charge in [0.15, 0.2) is 0 Å². The van der Waals surface area contributed by atoms with E-state index in [2.05, 4.69) is 26.2 Å². The lowest BCUT2D eigenvalue weighted by atomic mass is 10.2. The largest absolute Gasteiger partial charge is 0.347 e. The highest BCUT2D eigenvalue weighted by Crippen LogP contribution is 2.15. The fourth-order valence-corrected chi connectivity index (χ4v) is 1.84. The van der Waals surface area contributed by atoms with Crippen LogP contribution >= 0.6 is 15.9 Å². The third kappa shape index (κ3) is 3.13. The molecule has 0 radical (unpaired) electrons. The zero-order chi connectivity index (χ0) is 13.0. The van der Waals surface area contributed by atoms with Gasteiger partial charge in [0, 0.05) is 11.0 Å². The van der Waals surface area contributed by atoms with Gasteiger partial charge in [-0.3, -0.25) is 4.79 Å². The Kier molecular flexibility index (Phi) is 4.04. The first-order chi connectivity index (χ1) is 8.66. The van der Waals surface area contributed by atoms with Crippen molar-refractivity contribution in [2.24, 2.45) is 0 Å². The second kappa shape index (κ2) is 5.73. The zero-order valence-corrected chi connectivity index (χ0v) is 10.9. The number of carbonyl (C=O) groups is 1. The van der Waals surface area contributed by atoms with E-state index in [0.29, 0.717) is 6.54 Å². The van der Waals surface area contributed by atoms with Crippen LogP contribution in [-0.2, 0) is 6.54 Å². The van der Waals surface area contributed by atoms with Crippen molar-refractivity contribution >= 4 is 21.8 Å². The number of halogens is 2. The monoisotopic (exact) mass is 308 g/mol. The van der Waals surface area contributed by atoms with E-state index in [0.717, 1.165) is 16.2 Å². The third-order valence-electron chi connectivity index (χ3n) is 2.36. The Balaban J connectivity index is 2.01. The molecule has 92 valence electrons. The number of hydrogen-bond acceptors (Lipinski definition) is 2. The van der Waals surface area contributed by atoms with Gasteiger partial charge in [-0.05, 0) is 23.8 Å². The number of nitrogens with one attached hydrogen (secondary N) is 1. The summed E-state index contributed by atoms with van der Waals surface area (Å²) < 4.78 is 13.6. The quantitative estimate of drug-likeness (QED) is 0.947. The van der Waals surface area contributed by atoms with E-state index in [1.807, 2.05) is 24.3 Å². The normalized spacial score (nSPS) is 10.1. The molecule has 1 amide bonds. The summed E-state index contributed by atoms with van der Waals surface area (Å²) in [7, 11) is 0. The highest BCUT2D eigenvalue weighted by atomic mass is 79.9. The van der Waals surface area contributed by atoms with Gasteiger partial charge in [-0.2, -0.15) is 0 Å².